The third-order valence-corrected chi connectivity index (χ3v) is 34.8. The van der Waals surface area contributed by atoms with Gasteiger partial charge in [0, 0.05) is 0 Å². The fraction of sp³-hybridized carbons (Fsp3) is 0.500. The van der Waals surface area contributed by atoms with Crippen molar-refractivity contribution < 1.29 is 0 Å². The summed E-state index contributed by atoms with van der Waals surface area (Å²) in [6.45, 7) is 17.1. The van der Waals surface area contributed by atoms with Gasteiger partial charge in [0.25, 0.3) is 0 Å². The fourth-order valence-electron chi connectivity index (χ4n) is 4.70. The first-order chi connectivity index (χ1) is 12.3. The topological polar surface area (TPSA) is 0 Å². The van der Waals surface area contributed by atoms with Crippen molar-refractivity contribution in [3.63, 3.8) is 0 Å². The molecule has 0 spiro atoms. The number of halogens is 1. The molecule has 0 heterocycles. The van der Waals surface area contributed by atoms with Gasteiger partial charge in [-0.2, -0.15) is 0 Å². The summed E-state index contributed by atoms with van der Waals surface area (Å²) in [5.74, 6) is 0. The molecule has 0 bridgehead atoms. The van der Waals surface area contributed by atoms with E-state index in [1.165, 1.54) is 24.1 Å². The summed E-state index contributed by atoms with van der Waals surface area (Å²) < 4.78 is 3.75. The summed E-state index contributed by atoms with van der Waals surface area (Å²) in [6, 6.07) is 22.0. The first kappa shape index (κ1) is 23.0. The van der Waals surface area contributed by atoms with Crippen LogP contribution in [0.5, 0.6) is 0 Å². The van der Waals surface area contributed by atoms with Crippen LogP contribution in [-0.4, -0.2) is 25.3 Å². The van der Waals surface area contributed by atoms with Gasteiger partial charge in [-0.25, -0.2) is 0 Å². The molecule has 0 fully saturated rings. The fourth-order valence-corrected chi connectivity index (χ4v) is 48.4. The normalized spacial score (nSPS) is 13.6. The molecule has 0 saturated heterocycles. The number of hydrogen-bond acceptors (Lipinski definition) is 0. The Morgan fingerprint density at radius 3 is 1.33 bits per heavy atom. The Balaban J connectivity index is 2.35. The Hall–Kier alpha value is -0.254. The van der Waals surface area contributed by atoms with E-state index in [0.29, 0.717) is 0 Å². The zero-order valence-corrected chi connectivity index (χ0v) is 22.9. The van der Waals surface area contributed by atoms with Crippen LogP contribution in [0.2, 0.25) is 32.6 Å². The van der Waals surface area contributed by atoms with Crippen molar-refractivity contribution in [3.05, 3.63) is 71.8 Å². The molecule has 0 saturated carbocycles. The van der Waals surface area contributed by atoms with Crippen LogP contribution in [-0.2, 0) is 10.8 Å². The van der Waals surface area contributed by atoms with Gasteiger partial charge in [-0.05, 0) is 0 Å². The third kappa shape index (κ3) is 6.94. The number of hydrogen-bond donors (Lipinski definition) is 0. The van der Waals surface area contributed by atoms with Crippen molar-refractivity contribution in [1.29, 1.82) is 0 Å². The van der Waals surface area contributed by atoms with Crippen LogP contribution in [0.25, 0.3) is 0 Å². The van der Waals surface area contributed by atoms with Crippen LogP contribution in [0.15, 0.2) is 60.7 Å². The first-order valence-electron chi connectivity index (χ1n) is 10.1. The molecule has 0 radical (unpaired) electrons. The van der Waals surface area contributed by atoms with Gasteiger partial charge in [-0.3, -0.25) is 0 Å². The van der Waals surface area contributed by atoms with Crippen LogP contribution < -0.4 is 0 Å². The Labute approximate surface area is 176 Å². The van der Waals surface area contributed by atoms with Gasteiger partial charge in [0.1, 0.15) is 0 Å². The maximum absolute atomic E-state index is 7.74. The van der Waals surface area contributed by atoms with Crippen molar-refractivity contribution in [1.82, 2.24) is 0 Å². The van der Waals surface area contributed by atoms with Crippen LogP contribution in [0.4, 0.5) is 0 Å². The summed E-state index contributed by atoms with van der Waals surface area (Å²) >= 11 is -2.90. The second kappa shape index (κ2) is 8.63. The molecular weight excluding hydrogens is 471 g/mol. The van der Waals surface area contributed by atoms with Gasteiger partial charge in [0.05, 0.1) is 0 Å². The van der Waals surface area contributed by atoms with E-state index in [4.69, 9.17) is 8.92 Å². The van der Waals surface area contributed by atoms with Crippen LogP contribution in [0.1, 0.15) is 38.8 Å². The van der Waals surface area contributed by atoms with Crippen molar-refractivity contribution in [2.24, 2.45) is 0 Å². The Morgan fingerprint density at radius 2 is 1.04 bits per heavy atom. The summed E-state index contributed by atoms with van der Waals surface area (Å²) in [6.07, 6.45) is 0. The van der Waals surface area contributed by atoms with Gasteiger partial charge >= 0.3 is 177 Å². The third-order valence-electron chi connectivity index (χ3n) is 5.48. The predicted octanol–water partition coefficient (Wildman–Crippen LogP) is 8.00. The van der Waals surface area contributed by atoms with Crippen LogP contribution >= 0.6 is 8.92 Å². The SMILES string of the molecule is CC(C)([CH2][Sn]([Cl])([CH2]C(C)(C)c1ccccc1)[CH2][Si](C)(C)C)c1ccccc1. The van der Waals surface area contributed by atoms with Crippen molar-refractivity contribution >= 4 is 34.2 Å². The van der Waals surface area contributed by atoms with Crippen molar-refractivity contribution in [2.45, 2.75) is 71.1 Å². The standard InChI is InChI=1S/2C10H13.C4H11Si.ClH.Sn/c2*1-10(2,3)9-7-5-4-6-8-9;1-5(2,3)4;;/h2*4-8H,1H2,2-3H3;1H2,2-4H3;1H;/q;;;;+1/p-1. The maximum atomic E-state index is 7.74. The average Bonchev–Trinajstić information content (AvgIpc) is 2.53. The molecule has 0 nitrogen and oxygen atoms in total. The Morgan fingerprint density at radius 1 is 0.704 bits per heavy atom. The van der Waals surface area contributed by atoms with Crippen molar-refractivity contribution in [3.8, 4) is 0 Å². The van der Waals surface area contributed by atoms with E-state index in [9.17, 15) is 0 Å². The molecule has 0 aliphatic heterocycles. The molecule has 0 aliphatic rings. The van der Waals surface area contributed by atoms with Crippen molar-refractivity contribution in [2.75, 3.05) is 0 Å². The van der Waals surface area contributed by atoms with Gasteiger partial charge in [-0.15, -0.1) is 0 Å². The molecule has 148 valence electrons. The Kier molecular flexibility index (Phi) is 7.36. The van der Waals surface area contributed by atoms with Gasteiger partial charge in [0.15, 0.2) is 0 Å². The summed E-state index contributed by atoms with van der Waals surface area (Å²) in [4.78, 5) is 0. The zero-order valence-electron chi connectivity index (χ0n) is 18.3. The molecule has 0 atom stereocenters. The van der Waals surface area contributed by atoms with Gasteiger partial charge in [-0.1, -0.05) is 0 Å². The first-order valence-corrected chi connectivity index (χ1v) is 23.5. The zero-order chi connectivity index (χ0) is 20.3. The molecule has 0 aliphatic carbocycles. The quantitative estimate of drug-likeness (QED) is 0.318. The average molecular weight is 508 g/mol. The molecule has 0 aromatic heterocycles. The van der Waals surface area contributed by atoms with E-state index in [1.54, 1.807) is 0 Å². The monoisotopic (exact) mass is 508 g/mol. The van der Waals surface area contributed by atoms with E-state index in [0.717, 1.165) is 0 Å². The van der Waals surface area contributed by atoms with Gasteiger partial charge in [0.2, 0.25) is 0 Å². The van der Waals surface area contributed by atoms with Crippen LogP contribution in [0, 0.1) is 0 Å². The van der Waals surface area contributed by atoms with Gasteiger partial charge < -0.3 is 0 Å². The number of rotatable bonds is 8. The van der Waals surface area contributed by atoms with E-state index in [1.807, 2.05) is 0 Å². The molecular formula is C24H37ClSiSn. The molecule has 0 unspecified atom stereocenters. The van der Waals surface area contributed by atoms with E-state index < -0.39 is 25.3 Å². The molecule has 2 rings (SSSR count). The molecule has 2 aromatic rings. The summed E-state index contributed by atoms with van der Waals surface area (Å²) in [7, 11) is 6.50. The summed E-state index contributed by atoms with van der Waals surface area (Å²) in [5, 5.41) is 0. The van der Waals surface area contributed by atoms with Crippen LogP contribution in [0.3, 0.4) is 0 Å². The number of benzene rings is 2. The molecule has 0 N–H and O–H groups in total. The second-order valence-electron chi connectivity index (χ2n) is 10.7. The molecule has 0 amide bonds. The van der Waals surface area contributed by atoms with E-state index >= 15 is 0 Å². The minimum atomic E-state index is -2.90. The molecule has 27 heavy (non-hydrogen) atoms. The predicted molar refractivity (Wildman–Crippen MR) is 128 cm³/mol. The minimum absolute atomic E-state index is 0.144. The Bertz CT molecular complexity index is 664. The van der Waals surface area contributed by atoms with E-state index in [2.05, 4.69) is 108 Å². The molecule has 2 aromatic carbocycles. The second-order valence-corrected chi connectivity index (χ2v) is 33.2. The molecule has 3 heteroatoms. The summed E-state index contributed by atoms with van der Waals surface area (Å²) in [5.41, 5.74) is 3.15. The van der Waals surface area contributed by atoms with E-state index in [-0.39, 0.29) is 10.8 Å².